The Morgan fingerprint density at radius 3 is 2.41 bits per heavy atom. The van der Waals surface area contributed by atoms with Crippen molar-refractivity contribution in [3.63, 3.8) is 0 Å². The Balaban J connectivity index is 2.33. The number of ether oxygens (including phenoxy) is 1. The van der Waals surface area contributed by atoms with Crippen LogP contribution >= 0.6 is 11.6 Å². The molecular weight excluding hydrogens is 456 g/mol. The summed E-state index contributed by atoms with van der Waals surface area (Å²) in [5.74, 6) is 12.2. The number of carbonyl (C=O) groups excluding carboxylic acids is 2. The van der Waals surface area contributed by atoms with Gasteiger partial charge in [-0.25, -0.2) is 21.5 Å². The minimum Gasteiger partial charge on any atom is -0.489 e. The molecule has 2 aromatic rings. The quantitative estimate of drug-likeness (QED) is 0.107. The van der Waals surface area contributed by atoms with Crippen molar-refractivity contribution in [1.29, 1.82) is 5.41 Å². The number of hydrazine groups is 2. The maximum Gasteiger partial charge on any atom is 0.352 e. The van der Waals surface area contributed by atoms with Crippen molar-refractivity contribution in [1.82, 2.24) is 10.3 Å². The number of anilines is 1. The molecule has 0 unspecified atom stereocenters. The third-order valence-corrected chi connectivity index (χ3v) is 5.62. The number of benzene rings is 2. The molecular formula is C24H31ClN6O3. The highest BCUT2D eigenvalue weighted by Crippen LogP contribution is 2.28. The third kappa shape index (κ3) is 5.93. The average Bonchev–Trinajstić information content (AvgIpc) is 2.81. The zero-order valence-corrected chi connectivity index (χ0v) is 20.8. The van der Waals surface area contributed by atoms with Crippen LogP contribution in [0.3, 0.4) is 0 Å². The van der Waals surface area contributed by atoms with E-state index in [1.54, 1.807) is 32.2 Å². The molecule has 0 aliphatic carbocycles. The number of nitrogens with one attached hydrogen (secondary N) is 2. The number of urea groups is 1. The van der Waals surface area contributed by atoms with E-state index < -0.39 is 11.3 Å². The van der Waals surface area contributed by atoms with Gasteiger partial charge in [-0.2, -0.15) is 0 Å². The Labute approximate surface area is 204 Å². The van der Waals surface area contributed by atoms with E-state index >= 15 is 0 Å². The number of likely N-dealkylation sites (N-methyl/N-ethyl adjacent to an activating group) is 1. The number of amides is 2. The van der Waals surface area contributed by atoms with Crippen molar-refractivity contribution in [3.8, 4) is 5.75 Å². The van der Waals surface area contributed by atoms with Crippen molar-refractivity contribution in [2.45, 2.75) is 33.8 Å². The number of hydrogen-bond donors (Lipinski definition) is 4. The fourth-order valence-corrected chi connectivity index (χ4v) is 3.75. The summed E-state index contributed by atoms with van der Waals surface area (Å²) >= 11 is 5.60. The highest BCUT2D eigenvalue weighted by Gasteiger charge is 2.20. The zero-order chi connectivity index (χ0) is 25.6. The zero-order valence-electron chi connectivity index (χ0n) is 20.0. The van der Waals surface area contributed by atoms with Crippen LogP contribution in [0.2, 0.25) is 0 Å². The van der Waals surface area contributed by atoms with Crippen LogP contribution in [0.25, 0.3) is 0 Å². The van der Waals surface area contributed by atoms with Crippen LogP contribution in [0.5, 0.6) is 5.75 Å². The van der Waals surface area contributed by atoms with E-state index in [0.29, 0.717) is 22.6 Å². The van der Waals surface area contributed by atoms with Crippen LogP contribution in [0.4, 0.5) is 10.5 Å². The lowest BCUT2D eigenvalue weighted by molar-refractivity contribution is -0.108. The number of allylic oxidation sites excluding steroid dienone is 2. The van der Waals surface area contributed by atoms with Crippen molar-refractivity contribution in [2.24, 2.45) is 11.7 Å². The molecule has 0 bridgehead atoms. The van der Waals surface area contributed by atoms with E-state index in [1.807, 2.05) is 32.0 Å². The standard InChI is InChI=1S/C24H31ClN6O3/c1-6-16-8-7-9-19(31(28)24(33)30(5)27)18(16)13-34-20-11-10-17(12-14(20)2)21(26)15(3)22(29-4)23(25)32/h7-12,26,29H,6,13,27-28H2,1-5H3/b22-15-,26-21?. The first-order valence-corrected chi connectivity index (χ1v) is 11.0. The van der Waals surface area contributed by atoms with Gasteiger partial charge < -0.3 is 10.1 Å². The third-order valence-electron chi connectivity index (χ3n) is 5.43. The number of nitrogens with two attached hydrogens (primary N) is 2. The van der Waals surface area contributed by atoms with Gasteiger partial charge in [0.15, 0.2) is 0 Å². The van der Waals surface area contributed by atoms with E-state index in [9.17, 15) is 9.59 Å². The molecule has 2 rings (SSSR count). The SMILES string of the molecule is CCc1cccc(N(N)C(=O)N(C)N)c1COc1ccc(C(=N)/C(C)=C(\NC)C(=O)Cl)cc1C. The fourth-order valence-electron chi connectivity index (χ4n) is 3.51. The lowest BCUT2D eigenvalue weighted by Gasteiger charge is -2.24. The molecule has 0 fully saturated rings. The Kier molecular flexibility index (Phi) is 9.19. The summed E-state index contributed by atoms with van der Waals surface area (Å²) in [7, 11) is 3.00. The first-order chi connectivity index (χ1) is 16.0. The van der Waals surface area contributed by atoms with Gasteiger partial charge in [0.1, 0.15) is 12.4 Å². The monoisotopic (exact) mass is 486 g/mol. The van der Waals surface area contributed by atoms with Crippen LogP contribution < -0.4 is 26.7 Å². The van der Waals surface area contributed by atoms with Gasteiger partial charge in [0.25, 0.3) is 5.24 Å². The normalized spacial score (nSPS) is 11.4. The molecule has 0 heterocycles. The Morgan fingerprint density at radius 2 is 1.88 bits per heavy atom. The van der Waals surface area contributed by atoms with Crippen molar-refractivity contribution < 1.29 is 14.3 Å². The lowest BCUT2D eigenvalue weighted by Crippen LogP contribution is -2.49. The maximum atomic E-state index is 12.3. The second-order valence-corrected chi connectivity index (χ2v) is 8.04. The number of carbonyl (C=O) groups is 2. The lowest BCUT2D eigenvalue weighted by atomic mass is 10.00. The van der Waals surface area contributed by atoms with Gasteiger partial charge in [-0.1, -0.05) is 19.1 Å². The average molecular weight is 487 g/mol. The minimum atomic E-state index is -0.653. The van der Waals surface area contributed by atoms with Gasteiger partial charge >= 0.3 is 6.03 Å². The van der Waals surface area contributed by atoms with Gasteiger partial charge in [0.2, 0.25) is 0 Å². The van der Waals surface area contributed by atoms with E-state index in [1.165, 1.54) is 7.05 Å². The van der Waals surface area contributed by atoms with Crippen LogP contribution in [-0.2, 0) is 17.8 Å². The van der Waals surface area contributed by atoms with Crippen molar-refractivity contribution >= 4 is 34.3 Å². The number of aryl methyl sites for hydroxylation is 2. The molecule has 0 aliphatic heterocycles. The molecule has 0 spiro atoms. The fraction of sp³-hybridized carbons (Fsp3) is 0.292. The molecule has 34 heavy (non-hydrogen) atoms. The van der Waals surface area contributed by atoms with Crippen LogP contribution in [0.15, 0.2) is 47.7 Å². The summed E-state index contributed by atoms with van der Waals surface area (Å²) in [6.45, 7) is 5.71. The van der Waals surface area contributed by atoms with E-state index in [0.717, 1.165) is 33.1 Å². The molecule has 0 aliphatic rings. The highest BCUT2D eigenvalue weighted by atomic mass is 35.5. The number of hydrogen-bond acceptors (Lipinski definition) is 7. The molecule has 0 aromatic heterocycles. The highest BCUT2D eigenvalue weighted by molar-refractivity contribution is 6.67. The second-order valence-electron chi connectivity index (χ2n) is 7.70. The smallest absolute Gasteiger partial charge is 0.352 e. The topological polar surface area (TPSA) is 138 Å². The summed E-state index contributed by atoms with van der Waals surface area (Å²) in [6, 6.07) is 10.3. The van der Waals surface area contributed by atoms with Crippen LogP contribution in [0.1, 0.15) is 36.1 Å². The molecule has 6 N–H and O–H groups in total. The van der Waals surface area contributed by atoms with E-state index in [-0.39, 0.29) is 18.0 Å². The van der Waals surface area contributed by atoms with Gasteiger partial charge in [0.05, 0.1) is 17.1 Å². The summed E-state index contributed by atoms with van der Waals surface area (Å²) in [5, 5.41) is 12.5. The summed E-state index contributed by atoms with van der Waals surface area (Å²) in [5.41, 5.74) is 4.48. The Bertz CT molecular complexity index is 1130. The minimum absolute atomic E-state index is 0.176. The number of nitrogens with zero attached hydrogens (tertiary/aromatic N) is 2. The molecule has 182 valence electrons. The molecule has 2 amide bonds. The summed E-state index contributed by atoms with van der Waals surface area (Å²) < 4.78 is 6.09. The first kappa shape index (κ1) is 26.8. The molecule has 2 aromatic carbocycles. The Hall–Kier alpha value is -3.40. The molecule has 9 nitrogen and oxygen atoms in total. The van der Waals surface area contributed by atoms with E-state index in [4.69, 9.17) is 33.4 Å². The second kappa shape index (κ2) is 11.6. The molecule has 0 saturated heterocycles. The van der Waals surface area contributed by atoms with Gasteiger partial charge in [-0.15, -0.1) is 0 Å². The van der Waals surface area contributed by atoms with Crippen molar-refractivity contribution in [3.05, 3.63) is 69.9 Å². The predicted octanol–water partition coefficient (Wildman–Crippen LogP) is 3.37. The molecule has 0 saturated carbocycles. The predicted molar refractivity (Wildman–Crippen MR) is 135 cm³/mol. The Morgan fingerprint density at radius 1 is 1.21 bits per heavy atom. The van der Waals surface area contributed by atoms with E-state index in [2.05, 4.69) is 5.32 Å². The van der Waals surface area contributed by atoms with Gasteiger partial charge in [0, 0.05) is 30.8 Å². The summed E-state index contributed by atoms with van der Waals surface area (Å²) in [4.78, 5) is 23.9. The van der Waals surface area contributed by atoms with Gasteiger partial charge in [-0.3, -0.25) is 15.2 Å². The summed E-state index contributed by atoms with van der Waals surface area (Å²) in [6.07, 6.45) is 0.723. The maximum absolute atomic E-state index is 12.3. The molecule has 10 heteroatoms. The van der Waals surface area contributed by atoms with Gasteiger partial charge in [-0.05, 0) is 67.3 Å². The molecule has 0 radical (unpaired) electrons. The van der Waals surface area contributed by atoms with Crippen LogP contribution in [-0.4, -0.2) is 36.1 Å². The first-order valence-electron chi connectivity index (χ1n) is 10.6. The van der Waals surface area contributed by atoms with Crippen LogP contribution in [0, 0.1) is 12.3 Å². The number of rotatable bonds is 9. The number of halogens is 1. The van der Waals surface area contributed by atoms with Crippen molar-refractivity contribution in [2.75, 3.05) is 19.1 Å². The molecule has 0 atom stereocenters. The largest absolute Gasteiger partial charge is 0.489 e.